The number of hydrogen-bond donors (Lipinski definition) is 1. The molecule has 20 heavy (non-hydrogen) atoms. The molecule has 1 aliphatic carbocycles. The van der Waals surface area contributed by atoms with Crippen LogP contribution in [0.3, 0.4) is 0 Å². The Morgan fingerprint density at radius 3 is 2.95 bits per heavy atom. The van der Waals surface area contributed by atoms with Gasteiger partial charge in [-0.25, -0.2) is 0 Å². The zero-order valence-electron chi connectivity index (χ0n) is 12.5. The van der Waals surface area contributed by atoms with Gasteiger partial charge < -0.3 is 14.8 Å². The Labute approximate surface area is 121 Å². The van der Waals surface area contributed by atoms with Crippen LogP contribution in [0.25, 0.3) is 0 Å². The minimum absolute atomic E-state index is 0.452. The summed E-state index contributed by atoms with van der Waals surface area (Å²) in [5.74, 6) is 1.07. The van der Waals surface area contributed by atoms with Gasteiger partial charge in [-0.1, -0.05) is 19.1 Å². The molecule has 1 unspecified atom stereocenters. The lowest BCUT2D eigenvalue weighted by Gasteiger charge is -2.38. The maximum absolute atomic E-state index is 5.63. The smallest absolute Gasteiger partial charge is 0.122 e. The molecule has 1 fully saturated rings. The Morgan fingerprint density at radius 2 is 2.20 bits per heavy atom. The predicted molar refractivity (Wildman–Crippen MR) is 80.2 cm³/mol. The summed E-state index contributed by atoms with van der Waals surface area (Å²) in [5.41, 5.74) is 2.76. The highest BCUT2D eigenvalue weighted by Crippen LogP contribution is 2.31. The maximum atomic E-state index is 5.63. The lowest BCUT2D eigenvalue weighted by molar-refractivity contribution is -0.0126. The molecule has 0 saturated heterocycles. The first kappa shape index (κ1) is 13.9. The molecule has 1 N–H and O–H groups in total. The van der Waals surface area contributed by atoms with Crippen molar-refractivity contribution in [2.75, 3.05) is 13.2 Å². The fourth-order valence-corrected chi connectivity index (χ4v) is 3.23. The van der Waals surface area contributed by atoms with E-state index in [4.69, 9.17) is 9.47 Å². The van der Waals surface area contributed by atoms with E-state index in [9.17, 15) is 0 Å². The number of ether oxygens (including phenoxy) is 2. The Morgan fingerprint density at radius 1 is 1.35 bits per heavy atom. The van der Waals surface area contributed by atoms with Gasteiger partial charge in [-0.2, -0.15) is 0 Å². The average molecular weight is 275 g/mol. The third-order valence-corrected chi connectivity index (χ3v) is 4.46. The number of rotatable bonds is 6. The molecule has 1 aromatic carbocycles. The summed E-state index contributed by atoms with van der Waals surface area (Å²) in [6.45, 7) is 5.99. The van der Waals surface area contributed by atoms with Crippen LogP contribution in [0.15, 0.2) is 18.2 Å². The van der Waals surface area contributed by atoms with Gasteiger partial charge >= 0.3 is 0 Å². The molecule has 0 amide bonds. The maximum Gasteiger partial charge on any atom is 0.122 e. The molecular formula is C17H25NO2. The van der Waals surface area contributed by atoms with E-state index in [0.29, 0.717) is 18.2 Å². The lowest BCUT2D eigenvalue weighted by Crippen LogP contribution is -2.46. The summed E-state index contributed by atoms with van der Waals surface area (Å²) >= 11 is 0. The summed E-state index contributed by atoms with van der Waals surface area (Å²) in [5, 5.41) is 3.78. The van der Waals surface area contributed by atoms with Crippen molar-refractivity contribution in [3.05, 3.63) is 29.3 Å². The monoisotopic (exact) mass is 275 g/mol. The van der Waals surface area contributed by atoms with Crippen molar-refractivity contribution in [1.29, 1.82) is 0 Å². The molecule has 3 rings (SSSR count). The third-order valence-electron chi connectivity index (χ3n) is 4.46. The van der Waals surface area contributed by atoms with Gasteiger partial charge in [-0.3, -0.25) is 0 Å². The Hall–Kier alpha value is -1.06. The second-order valence-electron chi connectivity index (χ2n) is 5.84. The number of benzene rings is 1. The first-order chi connectivity index (χ1) is 9.80. The van der Waals surface area contributed by atoms with E-state index in [2.05, 4.69) is 37.4 Å². The van der Waals surface area contributed by atoms with E-state index >= 15 is 0 Å². The van der Waals surface area contributed by atoms with Crippen molar-refractivity contribution < 1.29 is 9.47 Å². The molecule has 3 nitrogen and oxygen atoms in total. The van der Waals surface area contributed by atoms with E-state index < -0.39 is 0 Å². The summed E-state index contributed by atoms with van der Waals surface area (Å²) in [6, 6.07) is 7.73. The highest BCUT2D eigenvalue weighted by Gasteiger charge is 2.31. The van der Waals surface area contributed by atoms with Gasteiger partial charge in [0, 0.05) is 25.1 Å². The molecule has 1 heterocycles. The quantitative estimate of drug-likeness (QED) is 0.864. The van der Waals surface area contributed by atoms with Crippen molar-refractivity contribution in [1.82, 2.24) is 5.32 Å². The SMILES string of the molecule is CCOC1CC(NC(CC)c2ccc3c(c2)CCO3)C1. The molecule has 0 radical (unpaired) electrons. The summed E-state index contributed by atoms with van der Waals surface area (Å²) in [7, 11) is 0. The number of fused-ring (bicyclic) bond motifs is 1. The van der Waals surface area contributed by atoms with E-state index in [-0.39, 0.29) is 0 Å². The molecule has 3 heteroatoms. The van der Waals surface area contributed by atoms with Crippen LogP contribution in [-0.2, 0) is 11.2 Å². The first-order valence-electron chi connectivity index (χ1n) is 7.93. The topological polar surface area (TPSA) is 30.5 Å². The van der Waals surface area contributed by atoms with Crippen LogP contribution in [0.5, 0.6) is 5.75 Å². The largest absolute Gasteiger partial charge is 0.493 e. The van der Waals surface area contributed by atoms with E-state index in [1.54, 1.807) is 0 Å². The van der Waals surface area contributed by atoms with Crippen molar-refractivity contribution in [2.45, 2.75) is 57.7 Å². The van der Waals surface area contributed by atoms with Gasteiger partial charge in [0.25, 0.3) is 0 Å². The van der Waals surface area contributed by atoms with E-state index in [0.717, 1.165) is 44.6 Å². The summed E-state index contributed by atoms with van der Waals surface area (Å²) < 4.78 is 11.2. The Balaban J connectivity index is 1.60. The zero-order chi connectivity index (χ0) is 13.9. The minimum Gasteiger partial charge on any atom is -0.493 e. The van der Waals surface area contributed by atoms with Crippen LogP contribution in [0.1, 0.15) is 50.3 Å². The fraction of sp³-hybridized carbons (Fsp3) is 0.647. The van der Waals surface area contributed by atoms with E-state index in [1.165, 1.54) is 11.1 Å². The molecular weight excluding hydrogens is 250 g/mol. The van der Waals surface area contributed by atoms with Gasteiger partial charge in [0.1, 0.15) is 5.75 Å². The van der Waals surface area contributed by atoms with Gasteiger partial charge in [0.15, 0.2) is 0 Å². The van der Waals surface area contributed by atoms with Crippen LogP contribution in [0, 0.1) is 0 Å². The van der Waals surface area contributed by atoms with Crippen LogP contribution in [0.2, 0.25) is 0 Å². The first-order valence-corrected chi connectivity index (χ1v) is 7.93. The standard InChI is InChI=1S/C17H25NO2/c1-3-16(18-14-10-15(11-14)19-4-2)12-5-6-17-13(9-12)7-8-20-17/h5-6,9,14-16,18H,3-4,7-8,10-11H2,1-2H3. The van der Waals surface area contributed by atoms with Crippen LogP contribution in [-0.4, -0.2) is 25.4 Å². The molecule has 0 spiro atoms. The van der Waals surface area contributed by atoms with E-state index in [1.807, 2.05) is 0 Å². The Kier molecular flexibility index (Phi) is 4.27. The van der Waals surface area contributed by atoms with Crippen molar-refractivity contribution in [3.8, 4) is 5.75 Å². The van der Waals surface area contributed by atoms with Gasteiger partial charge in [0.05, 0.1) is 12.7 Å². The molecule has 0 bridgehead atoms. The van der Waals surface area contributed by atoms with Crippen LogP contribution < -0.4 is 10.1 Å². The average Bonchev–Trinajstić information content (AvgIpc) is 2.88. The highest BCUT2D eigenvalue weighted by molar-refractivity contribution is 5.40. The van der Waals surface area contributed by atoms with Crippen LogP contribution in [0.4, 0.5) is 0 Å². The number of hydrogen-bond acceptors (Lipinski definition) is 3. The molecule has 1 atom stereocenters. The highest BCUT2D eigenvalue weighted by atomic mass is 16.5. The van der Waals surface area contributed by atoms with Crippen LogP contribution >= 0.6 is 0 Å². The Bertz CT molecular complexity index is 454. The molecule has 110 valence electrons. The number of nitrogens with one attached hydrogen (secondary N) is 1. The molecule has 0 aromatic heterocycles. The summed E-state index contributed by atoms with van der Waals surface area (Å²) in [6.07, 6.45) is 4.95. The normalized spacial score (nSPS) is 25.7. The van der Waals surface area contributed by atoms with Gasteiger partial charge in [0.2, 0.25) is 0 Å². The van der Waals surface area contributed by atoms with Crippen molar-refractivity contribution in [3.63, 3.8) is 0 Å². The minimum atomic E-state index is 0.452. The molecule has 1 aliphatic heterocycles. The molecule has 2 aliphatic rings. The predicted octanol–water partition coefficient (Wildman–Crippen LogP) is 3.23. The molecule has 1 aromatic rings. The van der Waals surface area contributed by atoms with Crippen molar-refractivity contribution >= 4 is 0 Å². The lowest BCUT2D eigenvalue weighted by atomic mass is 9.87. The van der Waals surface area contributed by atoms with Gasteiger partial charge in [-0.05, 0) is 43.4 Å². The second-order valence-corrected chi connectivity index (χ2v) is 5.84. The molecule has 1 saturated carbocycles. The van der Waals surface area contributed by atoms with Gasteiger partial charge in [-0.15, -0.1) is 0 Å². The summed E-state index contributed by atoms with van der Waals surface area (Å²) in [4.78, 5) is 0. The second kappa shape index (κ2) is 6.15. The zero-order valence-corrected chi connectivity index (χ0v) is 12.5. The van der Waals surface area contributed by atoms with Crippen molar-refractivity contribution in [2.24, 2.45) is 0 Å². The fourth-order valence-electron chi connectivity index (χ4n) is 3.23. The third kappa shape index (κ3) is 2.84.